The van der Waals surface area contributed by atoms with Gasteiger partial charge in [-0.1, -0.05) is 17.7 Å². The van der Waals surface area contributed by atoms with Gasteiger partial charge in [0.05, 0.1) is 6.54 Å². The molecule has 1 aromatic rings. The quantitative estimate of drug-likeness (QED) is 0.817. The Balaban J connectivity index is 1.77. The van der Waals surface area contributed by atoms with Gasteiger partial charge < -0.3 is 10.6 Å². The van der Waals surface area contributed by atoms with Crippen LogP contribution < -0.4 is 10.6 Å². The van der Waals surface area contributed by atoms with Gasteiger partial charge >= 0.3 is 0 Å². The molecular formula is C14H20N2O. The molecule has 1 saturated carbocycles. The molecule has 1 aliphatic carbocycles. The van der Waals surface area contributed by atoms with Crippen molar-refractivity contribution in [3.63, 3.8) is 0 Å². The third-order valence-corrected chi connectivity index (χ3v) is 3.11. The molecule has 3 heteroatoms. The van der Waals surface area contributed by atoms with E-state index in [4.69, 9.17) is 0 Å². The molecule has 1 aromatic carbocycles. The fourth-order valence-electron chi connectivity index (χ4n) is 1.83. The monoisotopic (exact) mass is 232 g/mol. The minimum absolute atomic E-state index is 0.0804. The van der Waals surface area contributed by atoms with E-state index >= 15 is 0 Å². The first-order valence-corrected chi connectivity index (χ1v) is 6.23. The molecule has 0 spiro atoms. The maximum absolute atomic E-state index is 11.6. The highest BCUT2D eigenvalue weighted by Crippen LogP contribution is 2.27. The van der Waals surface area contributed by atoms with E-state index in [0.717, 1.165) is 18.2 Å². The number of carbonyl (C=O) groups is 1. The summed E-state index contributed by atoms with van der Waals surface area (Å²) in [4.78, 5) is 11.6. The van der Waals surface area contributed by atoms with Crippen molar-refractivity contribution >= 4 is 11.6 Å². The Hall–Kier alpha value is -1.51. The molecule has 0 saturated heterocycles. The summed E-state index contributed by atoms with van der Waals surface area (Å²) < 4.78 is 0. The molecule has 0 aliphatic heterocycles. The largest absolute Gasteiger partial charge is 0.376 e. The lowest BCUT2D eigenvalue weighted by Gasteiger charge is -2.10. The van der Waals surface area contributed by atoms with Crippen LogP contribution in [-0.4, -0.2) is 19.0 Å². The van der Waals surface area contributed by atoms with Crippen molar-refractivity contribution in [1.29, 1.82) is 0 Å². The number of benzene rings is 1. The van der Waals surface area contributed by atoms with Gasteiger partial charge in [-0.3, -0.25) is 4.79 Å². The van der Waals surface area contributed by atoms with E-state index in [9.17, 15) is 4.79 Å². The van der Waals surface area contributed by atoms with Crippen LogP contribution in [0.3, 0.4) is 0 Å². The smallest absolute Gasteiger partial charge is 0.239 e. The molecule has 0 heterocycles. The van der Waals surface area contributed by atoms with Gasteiger partial charge in [0.25, 0.3) is 0 Å². The minimum Gasteiger partial charge on any atom is -0.376 e. The molecular weight excluding hydrogens is 212 g/mol. The summed E-state index contributed by atoms with van der Waals surface area (Å²) >= 11 is 0. The van der Waals surface area contributed by atoms with Crippen LogP contribution in [0.15, 0.2) is 18.2 Å². The van der Waals surface area contributed by atoms with Crippen LogP contribution in [0.4, 0.5) is 5.69 Å². The second-order valence-corrected chi connectivity index (χ2v) is 4.92. The fraction of sp³-hybridized carbons (Fsp3) is 0.500. The fourth-order valence-corrected chi connectivity index (χ4v) is 1.83. The molecule has 92 valence electrons. The van der Waals surface area contributed by atoms with Gasteiger partial charge in [0.15, 0.2) is 0 Å². The maximum Gasteiger partial charge on any atom is 0.239 e. The Morgan fingerprint density at radius 3 is 2.76 bits per heavy atom. The van der Waals surface area contributed by atoms with Gasteiger partial charge in [-0.25, -0.2) is 0 Å². The Kier molecular flexibility index (Phi) is 3.67. The summed E-state index contributed by atoms with van der Waals surface area (Å²) in [7, 11) is 0. The van der Waals surface area contributed by atoms with Gasteiger partial charge in [0, 0.05) is 12.2 Å². The number of aryl methyl sites for hydroxylation is 2. The average molecular weight is 232 g/mol. The van der Waals surface area contributed by atoms with Crippen molar-refractivity contribution in [3.05, 3.63) is 29.3 Å². The van der Waals surface area contributed by atoms with Gasteiger partial charge in [0.2, 0.25) is 5.91 Å². The van der Waals surface area contributed by atoms with Crippen LogP contribution in [0.1, 0.15) is 24.0 Å². The van der Waals surface area contributed by atoms with Crippen LogP contribution in [-0.2, 0) is 4.79 Å². The van der Waals surface area contributed by atoms with E-state index in [1.807, 2.05) is 6.07 Å². The first kappa shape index (κ1) is 12.0. The molecule has 1 aliphatic rings. The maximum atomic E-state index is 11.6. The van der Waals surface area contributed by atoms with E-state index in [1.165, 1.54) is 24.0 Å². The molecule has 3 nitrogen and oxygen atoms in total. The van der Waals surface area contributed by atoms with E-state index < -0.39 is 0 Å². The van der Waals surface area contributed by atoms with Crippen molar-refractivity contribution in [3.8, 4) is 0 Å². The Morgan fingerprint density at radius 1 is 1.35 bits per heavy atom. The summed E-state index contributed by atoms with van der Waals surface area (Å²) in [6, 6.07) is 6.20. The minimum atomic E-state index is 0.0804. The van der Waals surface area contributed by atoms with Gasteiger partial charge in [-0.05, 0) is 44.2 Å². The molecule has 2 N–H and O–H groups in total. The SMILES string of the molecule is Cc1ccc(NCC(=O)NCC2CC2)c(C)c1. The third-order valence-electron chi connectivity index (χ3n) is 3.11. The predicted octanol–water partition coefficient (Wildman–Crippen LogP) is 2.24. The highest BCUT2D eigenvalue weighted by molar-refractivity contribution is 5.80. The predicted molar refractivity (Wildman–Crippen MR) is 70.1 cm³/mol. The van der Waals surface area contributed by atoms with Crippen molar-refractivity contribution < 1.29 is 4.79 Å². The Bertz CT molecular complexity index is 411. The summed E-state index contributed by atoms with van der Waals surface area (Å²) in [6.45, 7) is 5.32. The molecule has 2 rings (SSSR count). The molecule has 1 fully saturated rings. The van der Waals surface area contributed by atoms with Crippen molar-refractivity contribution in [2.75, 3.05) is 18.4 Å². The number of carbonyl (C=O) groups excluding carboxylic acids is 1. The normalized spacial score (nSPS) is 14.5. The zero-order chi connectivity index (χ0) is 12.3. The number of rotatable bonds is 5. The van der Waals surface area contributed by atoms with Crippen molar-refractivity contribution in [1.82, 2.24) is 5.32 Å². The van der Waals surface area contributed by atoms with Crippen molar-refractivity contribution in [2.45, 2.75) is 26.7 Å². The zero-order valence-electron chi connectivity index (χ0n) is 10.5. The van der Waals surface area contributed by atoms with Gasteiger partial charge in [0.1, 0.15) is 0 Å². The molecule has 0 aromatic heterocycles. The standard InChI is InChI=1S/C14H20N2O/c1-10-3-6-13(11(2)7-10)15-9-14(17)16-8-12-4-5-12/h3,6-7,12,15H,4-5,8-9H2,1-2H3,(H,16,17). The Morgan fingerprint density at radius 2 is 2.12 bits per heavy atom. The van der Waals surface area contributed by atoms with Gasteiger partial charge in [-0.15, -0.1) is 0 Å². The Labute approximate surface area is 103 Å². The summed E-state index contributed by atoms with van der Waals surface area (Å²) in [5.41, 5.74) is 3.46. The number of anilines is 1. The van der Waals surface area contributed by atoms with E-state index in [2.05, 4.69) is 36.6 Å². The highest BCUT2D eigenvalue weighted by atomic mass is 16.1. The molecule has 0 atom stereocenters. The van der Waals surface area contributed by atoms with Crippen LogP contribution in [0.25, 0.3) is 0 Å². The second-order valence-electron chi connectivity index (χ2n) is 4.92. The number of hydrogen-bond acceptors (Lipinski definition) is 2. The van der Waals surface area contributed by atoms with Crippen LogP contribution >= 0.6 is 0 Å². The summed E-state index contributed by atoms with van der Waals surface area (Å²) in [5.74, 6) is 0.817. The number of amides is 1. The van der Waals surface area contributed by atoms with Crippen LogP contribution in [0.2, 0.25) is 0 Å². The average Bonchev–Trinajstić information content (AvgIpc) is 3.09. The molecule has 0 radical (unpaired) electrons. The first-order chi connectivity index (χ1) is 8.15. The number of hydrogen-bond donors (Lipinski definition) is 2. The highest BCUT2D eigenvalue weighted by Gasteiger charge is 2.21. The van der Waals surface area contributed by atoms with E-state index in [-0.39, 0.29) is 5.91 Å². The lowest BCUT2D eigenvalue weighted by atomic mass is 10.1. The zero-order valence-corrected chi connectivity index (χ0v) is 10.5. The second kappa shape index (κ2) is 5.21. The lowest BCUT2D eigenvalue weighted by Crippen LogP contribution is -2.31. The third kappa shape index (κ3) is 3.77. The summed E-state index contributed by atoms with van der Waals surface area (Å²) in [6.07, 6.45) is 2.54. The van der Waals surface area contributed by atoms with Crippen LogP contribution in [0, 0.1) is 19.8 Å². The summed E-state index contributed by atoms with van der Waals surface area (Å²) in [5, 5.41) is 6.12. The van der Waals surface area contributed by atoms with Crippen LogP contribution in [0.5, 0.6) is 0 Å². The van der Waals surface area contributed by atoms with E-state index in [0.29, 0.717) is 6.54 Å². The molecule has 0 bridgehead atoms. The molecule has 1 amide bonds. The first-order valence-electron chi connectivity index (χ1n) is 6.23. The van der Waals surface area contributed by atoms with Crippen molar-refractivity contribution in [2.24, 2.45) is 5.92 Å². The van der Waals surface area contributed by atoms with Gasteiger partial charge in [-0.2, -0.15) is 0 Å². The van der Waals surface area contributed by atoms with E-state index in [1.54, 1.807) is 0 Å². The number of nitrogens with one attached hydrogen (secondary N) is 2. The molecule has 0 unspecified atom stereocenters. The molecule has 17 heavy (non-hydrogen) atoms. The lowest BCUT2D eigenvalue weighted by molar-refractivity contribution is -0.119. The topological polar surface area (TPSA) is 41.1 Å².